The third-order valence-electron chi connectivity index (χ3n) is 4.59. The molecular formula is C21H24ClN3O2. The molecule has 3 aromatic rings. The second-order valence-corrected chi connectivity index (χ2v) is 6.77. The molecule has 1 N–H and O–H groups in total. The minimum Gasteiger partial charge on any atom is -0.493 e. The second kappa shape index (κ2) is 8.46. The molecule has 27 heavy (non-hydrogen) atoms. The molecule has 1 aromatic heterocycles. The van der Waals surface area contributed by atoms with E-state index in [2.05, 4.69) is 17.3 Å². The van der Waals surface area contributed by atoms with Crippen LogP contribution in [0.5, 0.6) is 11.5 Å². The molecule has 6 heteroatoms. The van der Waals surface area contributed by atoms with E-state index in [0.717, 1.165) is 52.2 Å². The van der Waals surface area contributed by atoms with Crippen molar-refractivity contribution in [3.63, 3.8) is 0 Å². The van der Waals surface area contributed by atoms with Crippen LogP contribution in [0.25, 0.3) is 5.69 Å². The van der Waals surface area contributed by atoms with Gasteiger partial charge in [0.2, 0.25) is 0 Å². The third-order valence-corrected chi connectivity index (χ3v) is 4.84. The molecule has 0 amide bonds. The van der Waals surface area contributed by atoms with Crippen LogP contribution in [0.2, 0.25) is 5.02 Å². The van der Waals surface area contributed by atoms with Crippen LogP contribution < -0.4 is 14.8 Å². The molecule has 142 valence electrons. The van der Waals surface area contributed by atoms with Crippen molar-refractivity contribution in [1.82, 2.24) is 15.1 Å². The Balaban J connectivity index is 1.71. The van der Waals surface area contributed by atoms with Crippen LogP contribution in [-0.4, -0.2) is 24.0 Å². The molecule has 0 aliphatic rings. The Bertz CT molecular complexity index is 920. The van der Waals surface area contributed by atoms with Crippen molar-refractivity contribution in [3.05, 3.63) is 70.0 Å². The van der Waals surface area contributed by atoms with Gasteiger partial charge >= 0.3 is 0 Å². The van der Waals surface area contributed by atoms with Gasteiger partial charge in [-0.2, -0.15) is 5.10 Å². The van der Waals surface area contributed by atoms with Gasteiger partial charge in [-0.05, 0) is 55.8 Å². The number of aromatic nitrogens is 2. The lowest BCUT2D eigenvalue weighted by atomic mass is 10.1. The number of halogens is 1. The number of nitrogens with zero attached hydrogens (tertiary/aromatic N) is 2. The van der Waals surface area contributed by atoms with Crippen LogP contribution in [0.15, 0.2) is 42.5 Å². The molecule has 3 rings (SSSR count). The van der Waals surface area contributed by atoms with Crippen LogP contribution in [0.4, 0.5) is 0 Å². The summed E-state index contributed by atoms with van der Waals surface area (Å²) in [6, 6.07) is 13.6. The van der Waals surface area contributed by atoms with E-state index in [-0.39, 0.29) is 0 Å². The lowest BCUT2D eigenvalue weighted by Crippen LogP contribution is -2.14. The second-order valence-electron chi connectivity index (χ2n) is 6.33. The number of hydrogen-bond donors (Lipinski definition) is 1. The Morgan fingerprint density at radius 2 is 1.67 bits per heavy atom. The summed E-state index contributed by atoms with van der Waals surface area (Å²) in [6.07, 6.45) is 0. The van der Waals surface area contributed by atoms with Crippen molar-refractivity contribution >= 4 is 11.6 Å². The van der Waals surface area contributed by atoms with Gasteiger partial charge in [0.25, 0.3) is 0 Å². The molecule has 0 unspecified atom stereocenters. The number of aryl methyl sites for hydroxylation is 1. The molecule has 1 heterocycles. The van der Waals surface area contributed by atoms with Crippen molar-refractivity contribution in [1.29, 1.82) is 0 Å². The maximum atomic E-state index is 5.99. The zero-order valence-corrected chi connectivity index (χ0v) is 16.8. The summed E-state index contributed by atoms with van der Waals surface area (Å²) in [5.74, 6) is 1.47. The number of ether oxygens (including phenoxy) is 2. The highest BCUT2D eigenvalue weighted by Gasteiger charge is 2.13. The van der Waals surface area contributed by atoms with Gasteiger partial charge in [-0.1, -0.05) is 17.7 Å². The fourth-order valence-electron chi connectivity index (χ4n) is 3.09. The van der Waals surface area contributed by atoms with Crippen LogP contribution in [0.3, 0.4) is 0 Å². The highest BCUT2D eigenvalue weighted by Crippen LogP contribution is 2.27. The molecule has 5 nitrogen and oxygen atoms in total. The van der Waals surface area contributed by atoms with E-state index in [1.54, 1.807) is 14.2 Å². The number of rotatable bonds is 7. The lowest BCUT2D eigenvalue weighted by molar-refractivity contribution is 0.354. The summed E-state index contributed by atoms with van der Waals surface area (Å²) in [6.45, 7) is 5.58. The van der Waals surface area contributed by atoms with E-state index in [4.69, 9.17) is 21.1 Å². The maximum absolute atomic E-state index is 5.99. The van der Waals surface area contributed by atoms with Crippen LogP contribution in [0, 0.1) is 13.8 Å². The molecule has 0 radical (unpaired) electrons. The Labute approximate surface area is 164 Å². The maximum Gasteiger partial charge on any atom is 0.161 e. The topological polar surface area (TPSA) is 48.3 Å². The van der Waals surface area contributed by atoms with Gasteiger partial charge in [-0.25, -0.2) is 4.68 Å². The average Bonchev–Trinajstić information content (AvgIpc) is 2.96. The first kappa shape index (κ1) is 19.3. The first-order valence-corrected chi connectivity index (χ1v) is 9.14. The van der Waals surface area contributed by atoms with E-state index in [9.17, 15) is 0 Å². The molecule has 0 fully saturated rings. The Morgan fingerprint density at radius 1 is 0.963 bits per heavy atom. The van der Waals surface area contributed by atoms with Crippen LogP contribution in [-0.2, 0) is 13.1 Å². The van der Waals surface area contributed by atoms with Gasteiger partial charge in [0.15, 0.2) is 11.5 Å². The Kier molecular flexibility index (Phi) is 6.04. The van der Waals surface area contributed by atoms with Gasteiger partial charge < -0.3 is 14.8 Å². The van der Waals surface area contributed by atoms with E-state index in [1.165, 1.54) is 5.56 Å². The molecular weight excluding hydrogens is 362 g/mol. The van der Waals surface area contributed by atoms with Crippen molar-refractivity contribution in [2.45, 2.75) is 26.9 Å². The summed E-state index contributed by atoms with van der Waals surface area (Å²) in [5.41, 5.74) is 5.47. The van der Waals surface area contributed by atoms with Crippen LogP contribution >= 0.6 is 11.6 Å². The van der Waals surface area contributed by atoms with E-state index < -0.39 is 0 Å². The lowest BCUT2D eigenvalue weighted by Gasteiger charge is -2.11. The summed E-state index contributed by atoms with van der Waals surface area (Å²) in [7, 11) is 3.28. The monoisotopic (exact) mass is 385 g/mol. The zero-order chi connectivity index (χ0) is 19.4. The van der Waals surface area contributed by atoms with Crippen molar-refractivity contribution < 1.29 is 9.47 Å². The molecule has 0 atom stereocenters. The van der Waals surface area contributed by atoms with Crippen molar-refractivity contribution in [3.8, 4) is 17.2 Å². The molecule has 0 aliphatic carbocycles. The van der Waals surface area contributed by atoms with E-state index in [1.807, 2.05) is 54.1 Å². The quantitative estimate of drug-likeness (QED) is 0.652. The normalized spacial score (nSPS) is 10.9. The van der Waals surface area contributed by atoms with Gasteiger partial charge in [-0.15, -0.1) is 0 Å². The Hall–Kier alpha value is -2.50. The highest BCUT2D eigenvalue weighted by atomic mass is 35.5. The van der Waals surface area contributed by atoms with Gasteiger partial charge in [-0.3, -0.25) is 0 Å². The van der Waals surface area contributed by atoms with E-state index >= 15 is 0 Å². The number of benzene rings is 2. The Morgan fingerprint density at radius 3 is 2.33 bits per heavy atom. The number of hydrogen-bond acceptors (Lipinski definition) is 4. The molecule has 2 aromatic carbocycles. The molecule has 0 saturated carbocycles. The van der Waals surface area contributed by atoms with Crippen molar-refractivity contribution in [2.24, 2.45) is 0 Å². The minimum absolute atomic E-state index is 0.720. The SMILES string of the molecule is COc1ccc(CNCc2c(C)nn(-c3ccc(Cl)cc3)c2C)cc1OC. The largest absolute Gasteiger partial charge is 0.493 e. The summed E-state index contributed by atoms with van der Waals surface area (Å²) < 4.78 is 12.6. The predicted molar refractivity (Wildman–Crippen MR) is 108 cm³/mol. The van der Waals surface area contributed by atoms with E-state index in [0.29, 0.717) is 0 Å². The predicted octanol–water partition coefficient (Wildman–Crippen LogP) is 4.45. The number of methoxy groups -OCH3 is 2. The summed E-state index contributed by atoms with van der Waals surface area (Å²) in [4.78, 5) is 0. The number of nitrogens with one attached hydrogen (secondary N) is 1. The zero-order valence-electron chi connectivity index (χ0n) is 16.0. The molecule has 0 aliphatic heterocycles. The van der Waals surface area contributed by atoms with Crippen molar-refractivity contribution in [2.75, 3.05) is 14.2 Å². The molecule has 0 spiro atoms. The minimum atomic E-state index is 0.720. The van der Waals surface area contributed by atoms with Crippen LogP contribution in [0.1, 0.15) is 22.5 Å². The van der Waals surface area contributed by atoms with Gasteiger partial charge in [0, 0.05) is 29.4 Å². The highest BCUT2D eigenvalue weighted by molar-refractivity contribution is 6.30. The first-order valence-electron chi connectivity index (χ1n) is 8.76. The molecule has 0 saturated heterocycles. The standard InChI is InChI=1S/C21H24ClN3O2/c1-14-19(15(2)25(24-14)18-8-6-17(22)7-9-18)13-23-12-16-5-10-20(26-3)21(11-16)27-4/h5-11,23H,12-13H2,1-4H3. The first-order chi connectivity index (χ1) is 13.0. The third kappa shape index (κ3) is 4.26. The van der Waals surface area contributed by atoms with Gasteiger partial charge in [0.05, 0.1) is 25.6 Å². The molecule has 0 bridgehead atoms. The van der Waals surface area contributed by atoms with Gasteiger partial charge in [0.1, 0.15) is 0 Å². The smallest absolute Gasteiger partial charge is 0.161 e. The fraction of sp³-hybridized carbons (Fsp3) is 0.286. The summed E-state index contributed by atoms with van der Waals surface area (Å²) in [5, 5.41) is 8.89. The average molecular weight is 386 g/mol. The summed E-state index contributed by atoms with van der Waals surface area (Å²) >= 11 is 5.99. The fourth-order valence-corrected chi connectivity index (χ4v) is 3.21.